The summed E-state index contributed by atoms with van der Waals surface area (Å²) >= 11 is 0. The highest BCUT2D eigenvalue weighted by Gasteiger charge is 2.04. The second kappa shape index (κ2) is 6.09. The van der Waals surface area contributed by atoms with Crippen molar-refractivity contribution in [1.82, 2.24) is 10.2 Å². The van der Waals surface area contributed by atoms with Crippen LogP contribution in [0.5, 0.6) is 5.75 Å². The highest BCUT2D eigenvalue weighted by Crippen LogP contribution is 2.16. The molecule has 0 aliphatic carbocycles. The van der Waals surface area contributed by atoms with Gasteiger partial charge in [0.1, 0.15) is 5.75 Å². The first-order valence-electron chi connectivity index (χ1n) is 6.72. The van der Waals surface area contributed by atoms with Gasteiger partial charge in [0, 0.05) is 11.1 Å². The number of carbonyl (C=O) groups is 1. The number of aromatic nitrogens is 2. The van der Waals surface area contributed by atoms with Crippen molar-refractivity contribution in [3.05, 3.63) is 54.7 Å². The molecule has 0 fully saturated rings. The zero-order chi connectivity index (χ0) is 14.5. The maximum atomic E-state index is 11.9. The minimum atomic E-state index is -0.0789. The topological polar surface area (TPSA) is 67.0 Å². The summed E-state index contributed by atoms with van der Waals surface area (Å²) in [5.74, 6) is 0.689. The van der Waals surface area contributed by atoms with Gasteiger partial charge >= 0.3 is 0 Å². The molecule has 1 heterocycles. The number of ether oxygens (including phenoxy) is 1. The van der Waals surface area contributed by atoms with Crippen LogP contribution >= 0.6 is 0 Å². The zero-order valence-corrected chi connectivity index (χ0v) is 11.4. The van der Waals surface area contributed by atoms with E-state index in [1.807, 2.05) is 48.5 Å². The van der Waals surface area contributed by atoms with Gasteiger partial charge in [0.25, 0.3) is 0 Å². The average molecular weight is 281 g/mol. The molecule has 3 rings (SSSR count). The summed E-state index contributed by atoms with van der Waals surface area (Å²) in [6, 6.07) is 15.1. The van der Waals surface area contributed by atoms with E-state index in [4.69, 9.17) is 4.74 Å². The number of aromatic amines is 1. The molecule has 0 aliphatic rings. The van der Waals surface area contributed by atoms with Gasteiger partial charge in [0.15, 0.2) is 0 Å². The molecular formula is C16H15N3O2. The van der Waals surface area contributed by atoms with Crippen molar-refractivity contribution < 1.29 is 9.53 Å². The van der Waals surface area contributed by atoms with Crippen molar-refractivity contribution >= 4 is 22.5 Å². The lowest BCUT2D eigenvalue weighted by Gasteiger charge is -2.07. The molecule has 0 saturated heterocycles. The largest absolute Gasteiger partial charge is 0.493 e. The van der Waals surface area contributed by atoms with Crippen LogP contribution in [0.2, 0.25) is 0 Å². The molecule has 3 aromatic rings. The Balaban J connectivity index is 1.51. The van der Waals surface area contributed by atoms with E-state index in [1.54, 1.807) is 6.20 Å². The normalized spacial score (nSPS) is 10.5. The first kappa shape index (κ1) is 13.2. The lowest BCUT2D eigenvalue weighted by molar-refractivity contribution is -0.116. The van der Waals surface area contributed by atoms with Gasteiger partial charge in [-0.05, 0) is 30.3 Å². The molecule has 2 aromatic carbocycles. The van der Waals surface area contributed by atoms with Gasteiger partial charge in [0.2, 0.25) is 5.91 Å². The van der Waals surface area contributed by atoms with Crippen molar-refractivity contribution in [1.29, 1.82) is 0 Å². The number of hydrogen-bond acceptors (Lipinski definition) is 3. The van der Waals surface area contributed by atoms with Crippen LogP contribution in [-0.2, 0) is 4.79 Å². The van der Waals surface area contributed by atoms with Gasteiger partial charge in [-0.15, -0.1) is 0 Å². The molecule has 0 atom stereocenters. The van der Waals surface area contributed by atoms with Crippen LogP contribution in [0.15, 0.2) is 54.7 Å². The van der Waals surface area contributed by atoms with Crippen LogP contribution < -0.4 is 10.1 Å². The molecular weight excluding hydrogens is 266 g/mol. The number of anilines is 1. The van der Waals surface area contributed by atoms with Crippen molar-refractivity contribution in [2.45, 2.75) is 6.42 Å². The third kappa shape index (κ3) is 3.39. The van der Waals surface area contributed by atoms with E-state index in [2.05, 4.69) is 15.5 Å². The first-order chi connectivity index (χ1) is 10.3. The fourth-order valence-electron chi connectivity index (χ4n) is 2.02. The summed E-state index contributed by atoms with van der Waals surface area (Å²) in [7, 11) is 0. The molecule has 0 unspecified atom stereocenters. The summed E-state index contributed by atoms with van der Waals surface area (Å²) in [6.07, 6.45) is 2.05. The maximum absolute atomic E-state index is 11.9. The number of amides is 1. The summed E-state index contributed by atoms with van der Waals surface area (Å²) in [6.45, 7) is 0.349. The van der Waals surface area contributed by atoms with Gasteiger partial charge < -0.3 is 10.1 Å². The SMILES string of the molecule is O=C(CCOc1ccccc1)Nc1ccc2cn[nH]c2c1. The molecule has 1 aromatic heterocycles. The Hall–Kier alpha value is -2.82. The number of benzene rings is 2. The Morgan fingerprint density at radius 1 is 1.19 bits per heavy atom. The molecule has 106 valence electrons. The molecule has 2 N–H and O–H groups in total. The number of nitrogens with zero attached hydrogens (tertiary/aromatic N) is 1. The van der Waals surface area contributed by atoms with Crippen LogP contribution in [0.1, 0.15) is 6.42 Å². The minimum absolute atomic E-state index is 0.0789. The van der Waals surface area contributed by atoms with Crippen LogP contribution in [0.4, 0.5) is 5.69 Å². The molecule has 21 heavy (non-hydrogen) atoms. The summed E-state index contributed by atoms with van der Waals surface area (Å²) in [4.78, 5) is 11.9. The highest BCUT2D eigenvalue weighted by atomic mass is 16.5. The molecule has 0 saturated carbocycles. The standard InChI is InChI=1S/C16H15N3O2/c20-16(8-9-21-14-4-2-1-3-5-14)18-13-7-6-12-11-17-19-15(12)10-13/h1-7,10-11H,8-9H2,(H,17,19)(H,18,20). The van der Waals surface area contributed by atoms with Crippen molar-refractivity contribution in [3.63, 3.8) is 0 Å². The second-order valence-corrected chi connectivity index (χ2v) is 4.63. The predicted octanol–water partition coefficient (Wildman–Crippen LogP) is 2.97. The van der Waals surface area contributed by atoms with E-state index in [0.29, 0.717) is 13.0 Å². The molecule has 0 radical (unpaired) electrons. The molecule has 0 bridgehead atoms. The van der Waals surface area contributed by atoms with E-state index in [-0.39, 0.29) is 5.91 Å². The van der Waals surface area contributed by atoms with E-state index in [1.165, 1.54) is 0 Å². The first-order valence-corrected chi connectivity index (χ1v) is 6.72. The number of rotatable bonds is 5. The van der Waals surface area contributed by atoms with Crippen LogP contribution in [-0.4, -0.2) is 22.7 Å². The van der Waals surface area contributed by atoms with Gasteiger partial charge in [0.05, 0.1) is 24.7 Å². The highest BCUT2D eigenvalue weighted by molar-refractivity contribution is 5.93. The van der Waals surface area contributed by atoms with Crippen LogP contribution in [0.25, 0.3) is 10.9 Å². The second-order valence-electron chi connectivity index (χ2n) is 4.63. The molecule has 0 aliphatic heterocycles. The zero-order valence-electron chi connectivity index (χ0n) is 11.4. The summed E-state index contributed by atoms with van der Waals surface area (Å²) in [5.41, 5.74) is 1.64. The summed E-state index contributed by atoms with van der Waals surface area (Å²) < 4.78 is 5.50. The van der Waals surface area contributed by atoms with Crippen molar-refractivity contribution in [2.75, 3.05) is 11.9 Å². The Kier molecular flexibility index (Phi) is 3.82. The smallest absolute Gasteiger partial charge is 0.227 e. The van der Waals surface area contributed by atoms with E-state index < -0.39 is 0 Å². The number of para-hydroxylation sites is 1. The van der Waals surface area contributed by atoms with Gasteiger partial charge in [-0.25, -0.2) is 0 Å². The monoisotopic (exact) mass is 281 g/mol. The maximum Gasteiger partial charge on any atom is 0.227 e. The minimum Gasteiger partial charge on any atom is -0.493 e. The number of nitrogens with one attached hydrogen (secondary N) is 2. The molecule has 5 nitrogen and oxygen atoms in total. The molecule has 0 spiro atoms. The number of carbonyl (C=O) groups excluding carboxylic acids is 1. The van der Waals surface area contributed by atoms with Crippen LogP contribution in [0.3, 0.4) is 0 Å². The summed E-state index contributed by atoms with van der Waals surface area (Å²) in [5, 5.41) is 10.7. The van der Waals surface area contributed by atoms with E-state index in [0.717, 1.165) is 22.3 Å². The van der Waals surface area contributed by atoms with E-state index in [9.17, 15) is 4.79 Å². The fourth-order valence-corrected chi connectivity index (χ4v) is 2.02. The quantitative estimate of drug-likeness (QED) is 0.755. The Morgan fingerprint density at radius 2 is 2.05 bits per heavy atom. The Bertz CT molecular complexity index is 737. The number of fused-ring (bicyclic) bond motifs is 1. The van der Waals surface area contributed by atoms with Gasteiger partial charge in [-0.1, -0.05) is 18.2 Å². The lowest BCUT2D eigenvalue weighted by Crippen LogP contribution is -2.15. The van der Waals surface area contributed by atoms with Crippen LogP contribution in [0, 0.1) is 0 Å². The van der Waals surface area contributed by atoms with Gasteiger partial charge in [-0.3, -0.25) is 9.89 Å². The third-order valence-corrected chi connectivity index (χ3v) is 3.07. The number of H-pyrrole nitrogens is 1. The van der Waals surface area contributed by atoms with Gasteiger partial charge in [-0.2, -0.15) is 5.10 Å². The van der Waals surface area contributed by atoms with Crippen molar-refractivity contribution in [3.8, 4) is 5.75 Å². The van der Waals surface area contributed by atoms with E-state index >= 15 is 0 Å². The Labute approximate surface area is 121 Å². The molecule has 1 amide bonds. The molecule has 5 heteroatoms. The predicted molar refractivity (Wildman–Crippen MR) is 81.3 cm³/mol. The third-order valence-electron chi connectivity index (χ3n) is 3.07. The lowest BCUT2D eigenvalue weighted by atomic mass is 10.2. The number of hydrogen-bond donors (Lipinski definition) is 2. The average Bonchev–Trinajstić information content (AvgIpc) is 2.96. The Morgan fingerprint density at radius 3 is 2.90 bits per heavy atom. The van der Waals surface area contributed by atoms with Crippen molar-refractivity contribution in [2.24, 2.45) is 0 Å². The fraction of sp³-hybridized carbons (Fsp3) is 0.125.